The standard InChI is InChI=1S/C15H12BrN3O3/c16-10-7-9-5-6-18(14(9)13(8-10)19(21)22)12-4-2-1-3-11(12)15(17)20/h1-4,7-8H,5-6H2,(H2,17,20). The van der Waals surface area contributed by atoms with Gasteiger partial charge in [-0.2, -0.15) is 0 Å². The average Bonchev–Trinajstić information content (AvgIpc) is 2.89. The van der Waals surface area contributed by atoms with Crippen molar-refractivity contribution in [1.82, 2.24) is 0 Å². The van der Waals surface area contributed by atoms with Crippen molar-refractivity contribution < 1.29 is 9.72 Å². The maximum atomic E-state index is 11.6. The molecule has 6 nitrogen and oxygen atoms in total. The molecule has 2 aromatic rings. The van der Waals surface area contributed by atoms with Crippen LogP contribution in [0.1, 0.15) is 15.9 Å². The van der Waals surface area contributed by atoms with Crippen molar-refractivity contribution in [2.75, 3.05) is 11.4 Å². The summed E-state index contributed by atoms with van der Waals surface area (Å²) in [6, 6.07) is 10.2. The van der Waals surface area contributed by atoms with E-state index in [4.69, 9.17) is 5.73 Å². The summed E-state index contributed by atoms with van der Waals surface area (Å²) in [5.74, 6) is -0.552. The van der Waals surface area contributed by atoms with E-state index in [1.165, 1.54) is 6.07 Å². The summed E-state index contributed by atoms with van der Waals surface area (Å²) in [7, 11) is 0. The minimum atomic E-state index is -0.552. The van der Waals surface area contributed by atoms with Crippen LogP contribution in [0, 0.1) is 10.1 Å². The first-order chi connectivity index (χ1) is 10.5. The number of nitro benzene ring substituents is 1. The Morgan fingerprint density at radius 3 is 2.73 bits per heavy atom. The molecule has 22 heavy (non-hydrogen) atoms. The van der Waals surface area contributed by atoms with Crippen LogP contribution in [-0.4, -0.2) is 17.4 Å². The van der Waals surface area contributed by atoms with E-state index in [0.717, 1.165) is 5.56 Å². The zero-order chi connectivity index (χ0) is 15.9. The Kier molecular flexibility index (Phi) is 3.58. The molecule has 7 heteroatoms. The number of para-hydroxylation sites is 1. The second-order valence-electron chi connectivity index (χ2n) is 4.97. The molecule has 0 atom stereocenters. The van der Waals surface area contributed by atoms with Gasteiger partial charge in [-0.15, -0.1) is 0 Å². The van der Waals surface area contributed by atoms with Crippen molar-refractivity contribution in [1.29, 1.82) is 0 Å². The molecule has 1 heterocycles. The Balaban J connectivity index is 2.20. The number of rotatable bonds is 3. The topological polar surface area (TPSA) is 89.5 Å². The molecule has 0 saturated carbocycles. The highest BCUT2D eigenvalue weighted by atomic mass is 79.9. The van der Waals surface area contributed by atoms with Gasteiger partial charge in [0.2, 0.25) is 0 Å². The minimum absolute atomic E-state index is 0.0150. The van der Waals surface area contributed by atoms with Crippen molar-refractivity contribution in [3.63, 3.8) is 0 Å². The molecule has 3 rings (SSSR count). The second-order valence-corrected chi connectivity index (χ2v) is 5.89. The van der Waals surface area contributed by atoms with Crippen LogP contribution < -0.4 is 10.6 Å². The van der Waals surface area contributed by atoms with E-state index in [-0.39, 0.29) is 5.69 Å². The first-order valence-corrected chi connectivity index (χ1v) is 7.41. The monoisotopic (exact) mass is 361 g/mol. The third-order valence-electron chi connectivity index (χ3n) is 3.67. The number of nitro groups is 1. The van der Waals surface area contributed by atoms with E-state index < -0.39 is 10.8 Å². The van der Waals surface area contributed by atoms with Gasteiger partial charge in [0.25, 0.3) is 11.6 Å². The Hall–Kier alpha value is -2.41. The van der Waals surface area contributed by atoms with Crippen molar-refractivity contribution in [3.05, 3.63) is 62.1 Å². The summed E-state index contributed by atoms with van der Waals surface area (Å²) >= 11 is 3.30. The van der Waals surface area contributed by atoms with Crippen molar-refractivity contribution in [2.45, 2.75) is 6.42 Å². The first kappa shape index (κ1) is 14.5. The summed E-state index contributed by atoms with van der Waals surface area (Å²) in [5.41, 5.74) is 7.79. The fourth-order valence-corrected chi connectivity index (χ4v) is 3.28. The Morgan fingerprint density at radius 1 is 1.32 bits per heavy atom. The van der Waals surface area contributed by atoms with Gasteiger partial charge in [-0.1, -0.05) is 28.1 Å². The smallest absolute Gasteiger partial charge is 0.294 e. The van der Waals surface area contributed by atoms with Gasteiger partial charge >= 0.3 is 0 Å². The maximum Gasteiger partial charge on any atom is 0.294 e. The molecule has 0 aliphatic carbocycles. The Labute approximate surface area is 134 Å². The van der Waals surface area contributed by atoms with Crippen molar-refractivity contribution in [2.24, 2.45) is 5.73 Å². The second kappa shape index (κ2) is 5.42. The third-order valence-corrected chi connectivity index (χ3v) is 4.12. The van der Waals surface area contributed by atoms with Crippen LogP contribution in [-0.2, 0) is 6.42 Å². The molecule has 1 aliphatic heterocycles. The number of primary amides is 1. The summed E-state index contributed by atoms with van der Waals surface area (Å²) in [6.45, 7) is 0.566. The van der Waals surface area contributed by atoms with Crippen LogP contribution in [0.2, 0.25) is 0 Å². The summed E-state index contributed by atoms with van der Waals surface area (Å²) in [6.07, 6.45) is 0.669. The molecule has 0 fully saturated rings. The molecule has 0 radical (unpaired) electrons. The number of amides is 1. The molecule has 2 N–H and O–H groups in total. The number of hydrogen-bond acceptors (Lipinski definition) is 4. The van der Waals surface area contributed by atoms with Crippen molar-refractivity contribution in [3.8, 4) is 0 Å². The van der Waals surface area contributed by atoms with Gasteiger partial charge < -0.3 is 10.6 Å². The molecule has 112 valence electrons. The lowest BCUT2D eigenvalue weighted by molar-refractivity contribution is -0.384. The zero-order valence-electron chi connectivity index (χ0n) is 11.5. The fourth-order valence-electron chi connectivity index (χ4n) is 2.78. The Bertz CT molecular complexity index is 792. The number of carbonyl (C=O) groups is 1. The van der Waals surface area contributed by atoms with E-state index in [0.29, 0.717) is 34.4 Å². The molecule has 0 bridgehead atoms. The molecule has 0 unspecified atom stereocenters. The number of carbonyl (C=O) groups excluding carboxylic acids is 1. The first-order valence-electron chi connectivity index (χ1n) is 6.62. The van der Waals surface area contributed by atoms with E-state index in [9.17, 15) is 14.9 Å². The van der Waals surface area contributed by atoms with Gasteiger partial charge in [0.05, 0.1) is 16.2 Å². The molecule has 2 aromatic carbocycles. The highest BCUT2D eigenvalue weighted by Gasteiger charge is 2.31. The quantitative estimate of drug-likeness (QED) is 0.671. The average molecular weight is 362 g/mol. The molecular formula is C15H12BrN3O3. The van der Waals surface area contributed by atoms with Gasteiger partial charge in [-0.25, -0.2) is 0 Å². The number of nitrogens with two attached hydrogens (primary N) is 1. The van der Waals surface area contributed by atoms with E-state index in [1.807, 2.05) is 6.07 Å². The number of halogens is 1. The molecular weight excluding hydrogens is 350 g/mol. The van der Waals surface area contributed by atoms with Gasteiger partial charge in [-0.3, -0.25) is 14.9 Å². The molecule has 0 aromatic heterocycles. The SMILES string of the molecule is NC(=O)c1ccccc1N1CCc2cc(Br)cc([N+](=O)[O-])c21. The predicted octanol–water partition coefficient (Wildman–Crippen LogP) is 3.15. The van der Waals surface area contributed by atoms with Crippen LogP contribution >= 0.6 is 15.9 Å². The summed E-state index contributed by atoms with van der Waals surface area (Å²) in [5, 5.41) is 11.4. The largest absolute Gasteiger partial charge is 0.366 e. The molecule has 0 saturated heterocycles. The molecule has 0 spiro atoms. The van der Waals surface area contributed by atoms with Crippen LogP contribution in [0.25, 0.3) is 0 Å². The lowest BCUT2D eigenvalue weighted by Gasteiger charge is -2.21. The van der Waals surface area contributed by atoms with Crippen LogP contribution in [0.15, 0.2) is 40.9 Å². The van der Waals surface area contributed by atoms with E-state index >= 15 is 0 Å². The summed E-state index contributed by atoms with van der Waals surface area (Å²) in [4.78, 5) is 24.4. The van der Waals surface area contributed by atoms with Gasteiger partial charge in [0, 0.05) is 17.1 Å². The molecule has 1 amide bonds. The highest BCUT2D eigenvalue weighted by molar-refractivity contribution is 9.10. The van der Waals surface area contributed by atoms with Crippen molar-refractivity contribution >= 4 is 38.9 Å². The van der Waals surface area contributed by atoms with Crippen LogP contribution in [0.5, 0.6) is 0 Å². The van der Waals surface area contributed by atoms with Crippen LogP contribution in [0.4, 0.5) is 17.1 Å². The van der Waals surface area contributed by atoms with E-state index in [1.54, 1.807) is 29.2 Å². The van der Waals surface area contributed by atoms with Gasteiger partial charge in [0.15, 0.2) is 0 Å². The lowest BCUT2D eigenvalue weighted by Crippen LogP contribution is -2.20. The van der Waals surface area contributed by atoms with E-state index in [2.05, 4.69) is 15.9 Å². The number of anilines is 2. The normalized spacial score (nSPS) is 13.0. The third kappa shape index (κ3) is 2.33. The van der Waals surface area contributed by atoms with Gasteiger partial charge in [0.1, 0.15) is 5.69 Å². The number of benzene rings is 2. The lowest BCUT2D eigenvalue weighted by atomic mass is 10.1. The van der Waals surface area contributed by atoms with Gasteiger partial charge in [-0.05, 0) is 30.2 Å². The minimum Gasteiger partial charge on any atom is -0.366 e. The Morgan fingerprint density at radius 2 is 2.05 bits per heavy atom. The fraction of sp³-hybridized carbons (Fsp3) is 0.133. The number of fused-ring (bicyclic) bond motifs is 1. The maximum absolute atomic E-state index is 11.6. The van der Waals surface area contributed by atoms with Crippen LogP contribution in [0.3, 0.4) is 0 Å². The number of nitrogens with zero attached hydrogens (tertiary/aromatic N) is 2. The predicted molar refractivity (Wildman–Crippen MR) is 86.5 cm³/mol. The zero-order valence-corrected chi connectivity index (χ0v) is 13.0. The highest BCUT2D eigenvalue weighted by Crippen LogP contribution is 2.43. The number of hydrogen-bond donors (Lipinski definition) is 1. The summed E-state index contributed by atoms with van der Waals surface area (Å²) < 4.78 is 0.669. The molecule has 1 aliphatic rings.